The van der Waals surface area contributed by atoms with Gasteiger partial charge < -0.3 is 98.4 Å². The highest BCUT2D eigenvalue weighted by Gasteiger charge is 2.54. The van der Waals surface area contributed by atoms with Crippen molar-refractivity contribution in [1.82, 2.24) is 15.7 Å². The summed E-state index contributed by atoms with van der Waals surface area (Å²) in [5.74, 6) is -1.07. The number of hydrogen-bond acceptors (Lipinski definition) is 21. The molecule has 5 aliphatic rings. The summed E-state index contributed by atoms with van der Waals surface area (Å²) >= 11 is 0. The smallest absolute Gasteiger partial charge is 0.246 e. The van der Waals surface area contributed by atoms with Crippen LogP contribution in [0.15, 0.2) is 11.8 Å². The van der Waals surface area contributed by atoms with Crippen molar-refractivity contribution in [2.75, 3.05) is 52.4 Å². The SMILES string of the molecule is NCCN(O)C(=O)C[C@@H]1C[C@H](N)[C@@H](O[C@H]2OC(CNCC3(O)CCNCC3)=CC[C@H]2N)[C@H](O[C@@H]2O[C@H](CO)[C@@H](O[C@H]3O[C@@H](CN)[C@@H](O)[C@H](O)[C@H]3N)[C@H]2O)[C@H]1O. The van der Waals surface area contributed by atoms with Gasteiger partial charge >= 0.3 is 0 Å². The van der Waals surface area contributed by atoms with Crippen LogP contribution < -0.4 is 39.3 Å². The second kappa shape index (κ2) is 19.8. The highest BCUT2D eigenvalue weighted by molar-refractivity contribution is 5.75. The molecule has 1 aliphatic carbocycles. The number of carbonyl (C=O) groups is 1. The quantitative estimate of drug-likeness (QED) is 0.0510. The zero-order chi connectivity index (χ0) is 40.0. The molecule has 22 nitrogen and oxygen atoms in total. The summed E-state index contributed by atoms with van der Waals surface area (Å²) in [7, 11) is 0. The third-order valence-electron chi connectivity index (χ3n) is 11.1. The highest BCUT2D eigenvalue weighted by Crippen LogP contribution is 2.37. The molecule has 318 valence electrons. The van der Waals surface area contributed by atoms with Gasteiger partial charge in [0.05, 0.1) is 43.5 Å². The Hall–Kier alpha value is -1.75. The summed E-state index contributed by atoms with van der Waals surface area (Å²) in [5, 5.41) is 82.0. The standard InChI is InChI=1S/C33H62N8O14/c34-5-8-41(49)21(43)10-15-9-18(37)27(53-30-17(36)2-1-16(50-30)12-40-14-33(48)3-6-39-7-4-33)29(23(15)44)55-32-26(47)28(20(13-42)52-32)54-31-22(38)25(46)24(45)19(11-35)51-31/h1,15,17-20,22-32,39-40,42,44-49H,2-14,34-38H2/t15-,17+,18-,19-,20+,22+,23-,24+,25+,26+,27+,28+,29+,30+,31+,32-/m0/s1. The highest BCUT2D eigenvalue weighted by atomic mass is 16.8. The molecule has 1 saturated carbocycles. The van der Waals surface area contributed by atoms with Gasteiger partial charge in [-0.2, -0.15) is 0 Å². The van der Waals surface area contributed by atoms with Crippen molar-refractivity contribution >= 4 is 5.91 Å². The summed E-state index contributed by atoms with van der Waals surface area (Å²) in [6, 6.07) is -2.84. The first-order chi connectivity index (χ1) is 26.2. The number of piperidine rings is 1. The number of nitrogens with two attached hydrogens (primary N) is 5. The number of rotatable bonds is 16. The van der Waals surface area contributed by atoms with Crippen LogP contribution in [0.2, 0.25) is 0 Å². The molecule has 0 unspecified atom stereocenters. The molecule has 19 N–H and O–H groups in total. The van der Waals surface area contributed by atoms with Gasteiger partial charge in [-0.3, -0.25) is 10.0 Å². The molecular weight excluding hydrogens is 732 g/mol. The van der Waals surface area contributed by atoms with Crippen LogP contribution in [0.25, 0.3) is 0 Å². The summed E-state index contributed by atoms with van der Waals surface area (Å²) in [5.41, 5.74) is 29.4. The van der Waals surface area contributed by atoms with Gasteiger partial charge in [0.1, 0.15) is 54.6 Å². The van der Waals surface area contributed by atoms with Crippen molar-refractivity contribution in [2.45, 2.75) is 130 Å². The molecule has 1 amide bonds. The number of nitrogens with one attached hydrogen (secondary N) is 2. The molecule has 0 aromatic heterocycles. The number of hydroxylamine groups is 2. The van der Waals surface area contributed by atoms with Crippen LogP contribution in [0.4, 0.5) is 0 Å². The number of aliphatic hydroxyl groups excluding tert-OH is 5. The number of ether oxygens (including phenoxy) is 6. The normalized spacial score (nSPS) is 42.1. The summed E-state index contributed by atoms with van der Waals surface area (Å²) in [6.07, 6.45) is -13.2. The minimum absolute atomic E-state index is 0.00202. The maximum absolute atomic E-state index is 12.8. The monoisotopic (exact) mass is 794 g/mol. The van der Waals surface area contributed by atoms with Gasteiger partial charge in [0, 0.05) is 32.1 Å². The van der Waals surface area contributed by atoms with Crippen LogP contribution in [0.5, 0.6) is 0 Å². The van der Waals surface area contributed by atoms with E-state index in [2.05, 4.69) is 10.6 Å². The Balaban J connectivity index is 1.31. The number of nitrogens with zero attached hydrogens (tertiary/aromatic N) is 1. The molecule has 0 aromatic rings. The third-order valence-corrected chi connectivity index (χ3v) is 11.1. The minimum atomic E-state index is -1.65. The van der Waals surface area contributed by atoms with Crippen molar-refractivity contribution in [3.63, 3.8) is 0 Å². The Morgan fingerprint density at radius 1 is 0.909 bits per heavy atom. The van der Waals surface area contributed by atoms with Crippen LogP contribution in [0.1, 0.15) is 32.1 Å². The second-order valence-corrected chi connectivity index (χ2v) is 15.1. The number of aliphatic hydroxyl groups is 6. The van der Waals surface area contributed by atoms with E-state index in [0.717, 1.165) is 0 Å². The Labute approximate surface area is 319 Å². The van der Waals surface area contributed by atoms with E-state index in [1.807, 2.05) is 6.08 Å². The Bertz CT molecular complexity index is 1250. The van der Waals surface area contributed by atoms with Gasteiger partial charge in [0.15, 0.2) is 12.6 Å². The van der Waals surface area contributed by atoms with Crippen molar-refractivity contribution in [3.8, 4) is 0 Å². The van der Waals surface area contributed by atoms with Gasteiger partial charge in [0.2, 0.25) is 12.2 Å². The Morgan fingerprint density at radius 3 is 2.25 bits per heavy atom. The summed E-state index contributed by atoms with van der Waals surface area (Å²) in [6.45, 7) is 1.05. The Morgan fingerprint density at radius 2 is 1.58 bits per heavy atom. The van der Waals surface area contributed by atoms with E-state index in [-0.39, 0.29) is 39.0 Å². The molecule has 4 fully saturated rings. The van der Waals surface area contributed by atoms with Crippen LogP contribution in [0, 0.1) is 5.92 Å². The number of hydrogen-bond donors (Lipinski definition) is 14. The maximum Gasteiger partial charge on any atom is 0.246 e. The zero-order valence-corrected chi connectivity index (χ0v) is 30.8. The molecule has 0 radical (unpaired) electrons. The molecule has 55 heavy (non-hydrogen) atoms. The molecule has 5 rings (SSSR count). The van der Waals surface area contributed by atoms with Crippen LogP contribution in [-0.4, -0.2) is 197 Å². The molecule has 4 aliphatic heterocycles. The van der Waals surface area contributed by atoms with E-state index >= 15 is 0 Å². The lowest BCUT2D eigenvalue weighted by Crippen LogP contribution is -2.64. The van der Waals surface area contributed by atoms with E-state index in [4.69, 9.17) is 57.1 Å². The molecule has 3 saturated heterocycles. The fraction of sp³-hybridized carbons (Fsp3) is 0.909. The summed E-state index contributed by atoms with van der Waals surface area (Å²) < 4.78 is 36.1. The molecule has 0 aromatic carbocycles. The van der Waals surface area contributed by atoms with Gasteiger partial charge in [0.25, 0.3) is 0 Å². The Kier molecular flexibility index (Phi) is 16.0. The van der Waals surface area contributed by atoms with Gasteiger partial charge in [-0.25, -0.2) is 5.06 Å². The first-order valence-electron chi connectivity index (χ1n) is 19.0. The van der Waals surface area contributed by atoms with E-state index < -0.39 is 116 Å². The lowest BCUT2D eigenvalue weighted by Gasteiger charge is -2.46. The van der Waals surface area contributed by atoms with Crippen LogP contribution in [0.3, 0.4) is 0 Å². The molecule has 22 heteroatoms. The second-order valence-electron chi connectivity index (χ2n) is 15.1. The first kappa shape index (κ1) is 44.4. The first-order valence-corrected chi connectivity index (χ1v) is 19.0. The molecule has 16 atom stereocenters. The predicted octanol–water partition coefficient (Wildman–Crippen LogP) is -7.11. The minimum Gasteiger partial charge on any atom is -0.467 e. The van der Waals surface area contributed by atoms with E-state index in [0.29, 0.717) is 49.7 Å². The molecule has 0 bridgehead atoms. The third kappa shape index (κ3) is 10.7. The number of carbonyl (C=O) groups excluding carboxylic acids is 1. The average molecular weight is 795 g/mol. The maximum atomic E-state index is 12.8. The van der Waals surface area contributed by atoms with Crippen LogP contribution in [-0.2, 0) is 33.2 Å². The molecule has 4 heterocycles. The molecule has 0 spiro atoms. The largest absolute Gasteiger partial charge is 0.467 e. The van der Waals surface area contributed by atoms with Crippen molar-refractivity contribution in [1.29, 1.82) is 0 Å². The molecular formula is C33H62N8O14. The zero-order valence-electron chi connectivity index (χ0n) is 30.8. The lowest BCUT2D eigenvalue weighted by atomic mass is 9.77. The fourth-order valence-corrected chi connectivity index (χ4v) is 7.71. The van der Waals surface area contributed by atoms with Gasteiger partial charge in [-0.05, 0) is 50.8 Å². The lowest BCUT2D eigenvalue weighted by molar-refractivity contribution is -0.283. The number of amides is 1. The van der Waals surface area contributed by atoms with Gasteiger partial charge in [-0.1, -0.05) is 0 Å². The van der Waals surface area contributed by atoms with Gasteiger partial charge in [-0.15, -0.1) is 0 Å². The fourth-order valence-electron chi connectivity index (χ4n) is 7.71. The summed E-state index contributed by atoms with van der Waals surface area (Å²) in [4.78, 5) is 12.8. The van der Waals surface area contributed by atoms with E-state index in [1.165, 1.54) is 0 Å². The average Bonchev–Trinajstić information content (AvgIpc) is 3.46. The topological polar surface area (TPSA) is 371 Å². The van der Waals surface area contributed by atoms with Crippen LogP contribution >= 0.6 is 0 Å². The van der Waals surface area contributed by atoms with Crippen molar-refractivity contribution in [3.05, 3.63) is 11.8 Å². The van der Waals surface area contributed by atoms with E-state index in [9.17, 15) is 40.6 Å². The van der Waals surface area contributed by atoms with Crippen molar-refractivity contribution in [2.24, 2.45) is 34.6 Å². The van der Waals surface area contributed by atoms with Crippen molar-refractivity contribution < 1.29 is 69.1 Å². The predicted molar refractivity (Wildman–Crippen MR) is 189 cm³/mol. The van der Waals surface area contributed by atoms with E-state index in [1.54, 1.807) is 0 Å².